The predicted octanol–water partition coefficient (Wildman–Crippen LogP) is 3.96. The molecule has 0 rings (SSSR count). The quantitative estimate of drug-likeness (QED) is 0.311. The summed E-state index contributed by atoms with van der Waals surface area (Å²) in [6.45, 7) is 34.9. The molecule has 0 bridgehead atoms. The number of nitrogens with zero attached hydrogens (tertiary/aromatic N) is 5. The van der Waals surface area contributed by atoms with Gasteiger partial charge in [0.15, 0.2) is 0 Å². The second kappa shape index (κ2) is 12.2. The van der Waals surface area contributed by atoms with Gasteiger partial charge in [-0.15, -0.1) is 0 Å². The molecule has 0 fully saturated rings. The van der Waals surface area contributed by atoms with Crippen LogP contribution in [0.25, 0.3) is 0 Å². The van der Waals surface area contributed by atoms with Crippen molar-refractivity contribution in [3.8, 4) is 0 Å². The second-order valence-electron chi connectivity index (χ2n) is 6.59. The molecule has 5 nitrogen and oxygen atoms in total. The second-order valence-corrected chi connectivity index (χ2v) is 23.2. The van der Waals surface area contributed by atoms with Gasteiger partial charge in [-0.05, 0) is 0 Å². The van der Waals surface area contributed by atoms with E-state index in [9.17, 15) is 0 Å². The minimum absolute atomic E-state index is 1.11. The number of rotatable bonds is 15. The molecular formula is C20H50N5Ta. The van der Waals surface area contributed by atoms with Gasteiger partial charge in [0.2, 0.25) is 0 Å². The summed E-state index contributed by atoms with van der Waals surface area (Å²) >= 11 is -4.18. The summed E-state index contributed by atoms with van der Waals surface area (Å²) in [5, 5.41) is 0. The van der Waals surface area contributed by atoms with Crippen LogP contribution in [0.5, 0.6) is 0 Å². The van der Waals surface area contributed by atoms with Gasteiger partial charge in [-0.3, -0.25) is 0 Å². The van der Waals surface area contributed by atoms with Crippen molar-refractivity contribution in [3.05, 3.63) is 0 Å². The molecule has 0 saturated heterocycles. The van der Waals surface area contributed by atoms with E-state index in [2.05, 4.69) is 85.8 Å². The van der Waals surface area contributed by atoms with Crippen molar-refractivity contribution < 1.29 is 17.1 Å². The van der Waals surface area contributed by atoms with Crippen LogP contribution in [-0.2, 0) is 17.1 Å². The van der Waals surface area contributed by atoms with Crippen LogP contribution in [0.2, 0.25) is 0 Å². The Morgan fingerprint density at radius 2 is 0.423 bits per heavy atom. The Balaban J connectivity index is 7.47. The van der Waals surface area contributed by atoms with Crippen LogP contribution in [0, 0.1) is 0 Å². The molecule has 160 valence electrons. The third kappa shape index (κ3) is 3.71. The average Bonchev–Trinajstić information content (AvgIpc) is 2.66. The van der Waals surface area contributed by atoms with Crippen LogP contribution in [0.4, 0.5) is 0 Å². The van der Waals surface area contributed by atoms with Crippen molar-refractivity contribution in [1.29, 1.82) is 0 Å². The van der Waals surface area contributed by atoms with Gasteiger partial charge in [0.05, 0.1) is 0 Å². The first-order chi connectivity index (χ1) is 12.4. The molecule has 0 saturated carbocycles. The SMILES string of the molecule is CC[N](CC)[Ta]([N](CC)CC)([N](CC)CC)([N](CC)CC)[N](CC)CC. The van der Waals surface area contributed by atoms with Crippen LogP contribution in [0.15, 0.2) is 0 Å². The molecule has 0 aromatic rings. The van der Waals surface area contributed by atoms with Gasteiger partial charge in [0, 0.05) is 0 Å². The Morgan fingerprint density at radius 1 is 0.308 bits per heavy atom. The van der Waals surface area contributed by atoms with E-state index in [4.69, 9.17) is 0 Å². The van der Waals surface area contributed by atoms with E-state index in [1.165, 1.54) is 0 Å². The van der Waals surface area contributed by atoms with Crippen LogP contribution in [0.3, 0.4) is 0 Å². The third-order valence-corrected chi connectivity index (χ3v) is 34.5. The Bertz CT molecular complexity index is 272. The molecule has 0 aliphatic carbocycles. The summed E-state index contributed by atoms with van der Waals surface area (Å²) in [4.78, 5) is 0. The molecule has 0 aromatic heterocycles. The van der Waals surface area contributed by atoms with Crippen LogP contribution >= 0.6 is 0 Å². The molecule has 26 heavy (non-hydrogen) atoms. The van der Waals surface area contributed by atoms with E-state index in [1.807, 2.05) is 0 Å². The van der Waals surface area contributed by atoms with Gasteiger partial charge < -0.3 is 0 Å². The number of hydrogen-bond donors (Lipinski definition) is 0. The van der Waals surface area contributed by atoms with Crippen molar-refractivity contribution >= 4 is 0 Å². The van der Waals surface area contributed by atoms with E-state index in [0.717, 1.165) is 65.4 Å². The van der Waals surface area contributed by atoms with Crippen molar-refractivity contribution in [3.63, 3.8) is 0 Å². The van der Waals surface area contributed by atoms with Crippen molar-refractivity contribution in [2.45, 2.75) is 69.2 Å². The normalized spacial score (nSPS) is 14.8. The maximum absolute atomic E-state index is 4.18. The molecule has 0 radical (unpaired) electrons. The summed E-state index contributed by atoms with van der Waals surface area (Å²) in [7, 11) is 0. The van der Waals surface area contributed by atoms with E-state index in [0.29, 0.717) is 0 Å². The fourth-order valence-electron chi connectivity index (χ4n) is 5.44. The first-order valence-electron chi connectivity index (χ1n) is 11.2. The van der Waals surface area contributed by atoms with Crippen molar-refractivity contribution in [1.82, 2.24) is 16.5 Å². The van der Waals surface area contributed by atoms with Crippen LogP contribution in [0.1, 0.15) is 69.2 Å². The summed E-state index contributed by atoms with van der Waals surface area (Å²) in [5.74, 6) is 0. The summed E-state index contributed by atoms with van der Waals surface area (Å²) in [5.41, 5.74) is 0. The summed E-state index contributed by atoms with van der Waals surface area (Å²) in [6.07, 6.45) is 0. The van der Waals surface area contributed by atoms with Gasteiger partial charge in [-0.25, -0.2) is 0 Å². The van der Waals surface area contributed by atoms with E-state index in [1.54, 1.807) is 0 Å². The molecule has 0 aromatic carbocycles. The fraction of sp³-hybridized carbons (Fsp3) is 1.00. The zero-order valence-electron chi connectivity index (χ0n) is 19.8. The zero-order valence-corrected chi connectivity index (χ0v) is 23.0. The monoisotopic (exact) mass is 541 g/mol. The summed E-state index contributed by atoms with van der Waals surface area (Å²) < 4.78 is 14.6. The number of hydrogen-bond acceptors (Lipinski definition) is 5. The average molecular weight is 542 g/mol. The summed E-state index contributed by atoms with van der Waals surface area (Å²) in [6, 6.07) is 0. The van der Waals surface area contributed by atoms with E-state index >= 15 is 0 Å². The van der Waals surface area contributed by atoms with Crippen LogP contribution < -0.4 is 0 Å². The molecule has 0 heterocycles. The Morgan fingerprint density at radius 3 is 0.500 bits per heavy atom. The van der Waals surface area contributed by atoms with Gasteiger partial charge in [-0.2, -0.15) is 0 Å². The van der Waals surface area contributed by atoms with Crippen molar-refractivity contribution in [2.75, 3.05) is 65.4 Å². The van der Waals surface area contributed by atoms with Crippen LogP contribution in [-0.4, -0.2) is 82.0 Å². The third-order valence-electron chi connectivity index (χ3n) is 6.18. The minimum atomic E-state index is -4.18. The standard InChI is InChI=1S/5C4H10N.Ta/c5*1-3-5-4-2;/h5*3-4H2,1-2H3;/q5*-1;+5. The molecule has 0 N–H and O–H groups in total. The maximum atomic E-state index is 2.92. The molecule has 6 heteroatoms. The molecule has 0 aliphatic rings. The molecule has 0 amide bonds. The molecule has 0 aliphatic heterocycles. The fourth-order valence-corrected chi connectivity index (χ4v) is 36.5. The first-order valence-corrected chi connectivity index (χ1v) is 18.4. The Hall–Kier alpha value is 0.540. The first kappa shape index (κ1) is 26.5. The van der Waals surface area contributed by atoms with Crippen molar-refractivity contribution in [2.24, 2.45) is 0 Å². The van der Waals surface area contributed by atoms with Gasteiger partial charge in [0.25, 0.3) is 0 Å². The Labute approximate surface area is 168 Å². The topological polar surface area (TPSA) is 16.2 Å². The van der Waals surface area contributed by atoms with E-state index < -0.39 is 17.1 Å². The molecule has 0 unspecified atom stereocenters. The molecule has 0 spiro atoms. The van der Waals surface area contributed by atoms with E-state index in [-0.39, 0.29) is 0 Å². The zero-order chi connectivity index (χ0) is 20.4. The van der Waals surface area contributed by atoms with Gasteiger partial charge in [-0.1, -0.05) is 0 Å². The molecular weight excluding hydrogens is 491 g/mol. The Kier molecular flexibility index (Phi) is 12.4. The van der Waals surface area contributed by atoms with Gasteiger partial charge in [0.1, 0.15) is 0 Å². The molecule has 0 atom stereocenters. The predicted molar refractivity (Wildman–Crippen MR) is 115 cm³/mol. The van der Waals surface area contributed by atoms with Gasteiger partial charge >= 0.3 is 168 Å².